The van der Waals surface area contributed by atoms with Crippen LogP contribution in [-0.2, 0) is 0 Å². The van der Waals surface area contributed by atoms with Crippen molar-refractivity contribution >= 4 is 17.7 Å². The van der Waals surface area contributed by atoms with E-state index in [0.29, 0.717) is 0 Å². The van der Waals surface area contributed by atoms with Crippen molar-refractivity contribution in [1.82, 2.24) is 4.98 Å². The third-order valence-corrected chi connectivity index (χ3v) is 2.37. The van der Waals surface area contributed by atoms with Crippen molar-refractivity contribution in [3.63, 3.8) is 0 Å². The van der Waals surface area contributed by atoms with Gasteiger partial charge in [-0.3, -0.25) is 9.69 Å². The summed E-state index contributed by atoms with van der Waals surface area (Å²) in [5.74, 6) is -1.05. The van der Waals surface area contributed by atoms with Gasteiger partial charge in [0.05, 0.1) is 11.8 Å². The number of pyridine rings is 1. The van der Waals surface area contributed by atoms with Gasteiger partial charge in [0.2, 0.25) is 0 Å². The predicted octanol–water partition coefficient (Wildman–Crippen LogP) is 1.65. The molecule has 2 aromatic heterocycles. The van der Waals surface area contributed by atoms with Crippen LogP contribution in [0.25, 0.3) is 0 Å². The van der Waals surface area contributed by atoms with E-state index in [1.807, 2.05) is 0 Å². The summed E-state index contributed by atoms with van der Waals surface area (Å²) in [6.07, 6.45) is 2.73. The first kappa shape index (κ1) is 11.8. The Kier molecular flexibility index (Phi) is 3.09. The minimum atomic E-state index is -1.07. The third kappa shape index (κ3) is 2.22. The maximum Gasteiger partial charge on any atom is 0.335 e. The lowest BCUT2D eigenvalue weighted by atomic mass is 10.2. The molecule has 0 aromatic carbocycles. The molecule has 0 bridgehead atoms. The Balaban J connectivity index is 2.29. The SMILES string of the molecule is CN(C(=O)c1ccco1)c1cc(C(=O)O)ccn1. The number of hydrogen-bond donors (Lipinski definition) is 1. The summed E-state index contributed by atoms with van der Waals surface area (Å²) in [6, 6.07) is 5.81. The van der Waals surface area contributed by atoms with Crippen LogP contribution in [0.4, 0.5) is 5.82 Å². The molecule has 1 amide bonds. The average molecular weight is 246 g/mol. The van der Waals surface area contributed by atoms with E-state index < -0.39 is 11.9 Å². The second-order valence-corrected chi connectivity index (χ2v) is 3.55. The highest BCUT2D eigenvalue weighted by atomic mass is 16.4. The number of amides is 1. The van der Waals surface area contributed by atoms with E-state index in [4.69, 9.17) is 9.52 Å². The summed E-state index contributed by atoms with van der Waals surface area (Å²) >= 11 is 0. The van der Waals surface area contributed by atoms with E-state index in [1.54, 1.807) is 6.07 Å². The lowest BCUT2D eigenvalue weighted by molar-refractivity contribution is 0.0696. The van der Waals surface area contributed by atoms with Gasteiger partial charge < -0.3 is 9.52 Å². The molecule has 92 valence electrons. The first-order chi connectivity index (χ1) is 8.59. The van der Waals surface area contributed by atoms with Crippen LogP contribution in [0.15, 0.2) is 41.1 Å². The fourth-order valence-electron chi connectivity index (χ4n) is 1.40. The molecule has 0 atom stereocenters. The molecule has 6 heteroatoms. The zero-order chi connectivity index (χ0) is 13.1. The highest BCUT2D eigenvalue weighted by Gasteiger charge is 2.17. The molecule has 18 heavy (non-hydrogen) atoms. The summed E-state index contributed by atoms with van der Waals surface area (Å²) in [6.45, 7) is 0. The maximum absolute atomic E-state index is 11.9. The molecule has 6 nitrogen and oxygen atoms in total. The Morgan fingerprint density at radius 3 is 2.78 bits per heavy atom. The van der Waals surface area contributed by atoms with Gasteiger partial charge in [0.15, 0.2) is 5.76 Å². The number of aromatic carboxylic acids is 1. The van der Waals surface area contributed by atoms with Crippen LogP contribution in [0.3, 0.4) is 0 Å². The van der Waals surface area contributed by atoms with Crippen molar-refractivity contribution in [2.75, 3.05) is 11.9 Å². The Bertz CT molecular complexity index is 578. The molecule has 0 radical (unpaired) electrons. The predicted molar refractivity (Wildman–Crippen MR) is 62.6 cm³/mol. The van der Waals surface area contributed by atoms with Crippen LogP contribution >= 0.6 is 0 Å². The van der Waals surface area contributed by atoms with E-state index in [2.05, 4.69) is 4.98 Å². The average Bonchev–Trinajstić information content (AvgIpc) is 2.91. The summed E-state index contributed by atoms with van der Waals surface area (Å²) in [7, 11) is 1.50. The van der Waals surface area contributed by atoms with Gasteiger partial charge in [-0.2, -0.15) is 0 Å². The molecule has 0 fully saturated rings. The molecule has 2 aromatic rings. The topological polar surface area (TPSA) is 83.6 Å². The quantitative estimate of drug-likeness (QED) is 0.890. The number of rotatable bonds is 3. The second kappa shape index (κ2) is 4.70. The van der Waals surface area contributed by atoms with Crippen molar-refractivity contribution in [2.45, 2.75) is 0 Å². The smallest absolute Gasteiger partial charge is 0.335 e. The van der Waals surface area contributed by atoms with Gasteiger partial charge in [0.1, 0.15) is 5.82 Å². The van der Waals surface area contributed by atoms with Crippen molar-refractivity contribution in [3.8, 4) is 0 Å². The normalized spacial score (nSPS) is 10.1. The van der Waals surface area contributed by atoms with E-state index >= 15 is 0 Å². The van der Waals surface area contributed by atoms with E-state index in [-0.39, 0.29) is 17.1 Å². The first-order valence-electron chi connectivity index (χ1n) is 5.10. The zero-order valence-electron chi connectivity index (χ0n) is 9.53. The summed E-state index contributed by atoms with van der Waals surface area (Å²) in [4.78, 5) is 27.9. The number of aromatic nitrogens is 1. The first-order valence-corrected chi connectivity index (χ1v) is 5.10. The monoisotopic (exact) mass is 246 g/mol. The van der Waals surface area contributed by atoms with Crippen LogP contribution in [0.1, 0.15) is 20.9 Å². The molecule has 0 aliphatic rings. The molecule has 0 saturated carbocycles. The Hall–Kier alpha value is -2.63. The van der Waals surface area contributed by atoms with Gasteiger partial charge in [-0.15, -0.1) is 0 Å². The van der Waals surface area contributed by atoms with Gasteiger partial charge in [-0.25, -0.2) is 9.78 Å². The number of anilines is 1. The Morgan fingerprint density at radius 2 is 2.17 bits per heavy atom. The minimum absolute atomic E-state index is 0.0686. The van der Waals surface area contributed by atoms with Gasteiger partial charge in [0, 0.05) is 13.2 Å². The summed E-state index contributed by atoms with van der Waals surface area (Å²) in [5.41, 5.74) is 0.0686. The van der Waals surface area contributed by atoms with Gasteiger partial charge >= 0.3 is 5.97 Å². The van der Waals surface area contributed by atoms with Gasteiger partial charge in [-0.05, 0) is 24.3 Å². The van der Waals surface area contributed by atoms with Crippen LogP contribution in [-0.4, -0.2) is 29.0 Å². The lowest BCUT2D eigenvalue weighted by Crippen LogP contribution is -2.26. The molecular weight excluding hydrogens is 236 g/mol. The number of furan rings is 1. The van der Waals surface area contributed by atoms with E-state index in [9.17, 15) is 9.59 Å². The second-order valence-electron chi connectivity index (χ2n) is 3.55. The standard InChI is InChI=1S/C12H10N2O4/c1-14(11(15)9-3-2-6-18-9)10-7-8(12(16)17)4-5-13-10/h2-7H,1H3,(H,16,17). The van der Waals surface area contributed by atoms with Crippen molar-refractivity contribution in [3.05, 3.63) is 48.0 Å². The molecule has 0 saturated heterocycles. The molecule has 0 unspecified atom stereocenters. The zero-order valence-corrected chi connectivity index (χ0v) is 9.53. The summed E-state index contributed by atoms with van der Waals surface area (Å²) in [5, 5.41) is 8.86. The Morgan fingerprint density at radius 1 is 1.39 bits per heavy atom. The fourth-order valence-corrected chi connectivity index (χ4v) is 1.40. The molecular formula is C12H10N2O4. The van der Waals surface area contributed by atoms with Crippen LogP contribution < -0.4 is 4.90 Å². The maximum atomic E-state index is 11.9. The molecule has 2 heterocycles. The van der Waals surface area contributed by atoms with Gasteiger partial charge in [-0.1, -0.05) is 0 Å². The number of nitrogens with zero attached hydrogens (tertiary/aromatic N) is 2. The Labute approximate surface area is 102 Å². The number of carboxylic acid groups (broad SMARTS) is 1. The van der Waals surface area contributed by atoms with Gasteiger partial charge in [0.25, 0.3) is 5.91 Å². The third-order valence-electron chi connectivity index (χ3n) is 2.37. The van der Waals surface area contributed by atoms with Crippen LogP contribution in [0.5, 0.6) is 0 Å². The fraction of sp³-hybridized carbons (Fsp3) is 0.0833. The van der Waals surface area contributed by atoms with Crippen molar-refractivity contribution in [2.24, 2.45) is 0 Å². The number of carbonyl (C=O) groups excluding carboxylic acids is 1. The number of hydrogen-bond acceptors (Lipinski definition) is 4. The lowest BCUT2D eigenvalue weighted by Gasteiger charge is -2.14. The molecule has 1 N–H and O–H groups in total. The number of carboxylic acids is 1. The molecule has 0 spiro atoms. The molecule has 2 rings (SSSR count). The largest absolute Gasteiger partial charge is 0.478 e. The van der Waals surface area contributed by atoms with Crippen LogP contribution in [0.2, 0.25) is 0 Å². The highest BCUT2D eigenvalue weighted by Crippen LogP contribution is 2.14. The van der Waals surface area contributed by atoms with E-state index in [0.717, 1.165) is 0 Å². The summed E-state index contributed by atoms with van der Waals surface area (Å²) < 4.78 is 4.98. The van der Waals surface area contributed by atoms with Crippen LogP contribution in [0, 0.1) is 0 Å². The number of carbonyl (C=O) groups is 2. The van der Waals surface area contributed by atoms with Crippen molar-refractivity contribution < 1.29 is 19.1 Å². The highest BCUT2D eigenvalue weighted by molar-refractivity contribution is 6.03. The minimum Gasteiger partial charge on any atom is -0.478 e. The van der Waals surface area contributed by atoms with Crippen molar-refractivity contribution in [1.29, 1.82) is 0 Å². The van der Waals surface area contributed by atoms with E-state index in [1.165, 1.54) is 42.6 Å². The molecule has 0 aliphatic heterocycles. The molecule has 0 aliphatic carbocycles.